The number of Topliss-reactive ketones (excluding diaryl/α,β-unsaturated/α-hetero) is 2. The molecule has 7 N–H and O–H groups in total. The van der Waals surface area contributed by atoms with Crippen LogP contribution in [0.5, 0.6) is 11.5 Å². The lowest BCUT2D eigenvalue weighted by atomic mass is 9.78. The highest BCUT2D eigenvalue weighted by Crippen LogP contribution is 2.41. The molecule has 4 amide bonds. The molecule has 0 unspecified atom stereocenters. The van der Waals surface area contributed by atoms with Gasteiger partial charge in [0, 0.05) is 73.8 Å². The Hall–Kier alpha value is -5.92. The molecule has 3 fully saturated rings. The van der Waals surface area contributed by atoms with Crippen molar-refractivity contribution in [1.29, 1.82) is 0 Å². The number of halogens is 4. The number of fused-ring (bicyclic) bond motifs is 3. The molecule has 14 atom stereocenters. The zero-order valence-corrected chi connectivity index (χ0v) is 53.0. The molecule has 3 aliphatic heterocycles. The normalized spacial score (nSPS) is 30.4. The van der Waals surface area contributed by atoms with Crippen molar-refractivity contribution in [2.24, 2.45) is 35.5 Å². The molecular formula is C65H85ClF3N5O14S. The van der Waals surface area contributed by atoms with Crippen molar-refractivity contribution in [3.05, 3.63) is 100 Å². The van der Waals surface area contributed by atoms with Crippen LogP contribution in [-0.4, -0.2) is 146 Å². The third kappa shape index (κ3) is 19.1. The molecule has 488 valence electrons. The maximum Gasteiger partial charge on any atom is 0.417 e. The summed E-state index contributed by atoms with van der Waals surface area (Å²) in [5, 5.41) is 53.7. The minimum Gasteiger partial charge on any atom is -0.457 e. The predicted octanol–water partition coefficient (Wildman–Crippen LogP) is 10.5. The number of amides is 4. The van der Waals surface area contributed by atoms with E-state index in [-0.39, 0.29) is 67.1 Å². The number of anilines is 2. The van der Waals surface area contributed by atoms with Crippen LogP contribution < -0.4 is 20.7 Å². The fourth-order valence-corrected chi connectivity index (χ4v) is 13.6. The van der Waals surface area contributed by atoms with Crippen LogP contribution in [0, 0.1) is 35.5 Å². The number of methoxy groups -OCH3 is 1. The first-order valence-electron chi connectivity index (χ1n) is 30.6. The van der Waals surface area contributed by atoms with Gasteiger partial charge in [0.15, 0.2) is 0 Å². The van der Waals surface area contributed by atoms with Gasteiger partial charge in [0.05, 0.1) is 41.1 Å². The van der Waals surface area contributed by atoms with E-state index in [0.717, 1.165) is 22.6 Å². The summed E-state index contributed by atoms with van der Waals surface area (Å²) < 4.78 is 63.9. The number of carbonyl (C=O) groups excluding carboxylic acids is 6. The van der Waals surface area contributed by atoms with Crippen molar-refractivity contribution >= 4 is 70.1 Å². The molecule has 1 aliphatic carbocycles. The number of hydrogen-bond donors (Lipinski definition) is 7. The summed E-state index contributed by atoms with van der Waals surface area (Å²) in [6, 6.07) is 10.2. The minimum atomic E-state index is -4.71. The van der Waals surface area contributed by atoms with E-state index in [1.165, 1.54) is 37.6 Å². The van der Waals surface area contributed by atoms with Gasteiger partial charge < -0.3 is 60.2 Å². The number of urea groups is 1. The number of nitrogens with one attached hydrogen (secondary N) is 3. The predicted molar refractivity (Wildman–Crippen MR) is 330 cm³/mol. The van der Waals surface area contributed by atoms with Crippen LogP contribution in [-0.2, 0) is 39.6 Å². The van der Waals surface area contributed by atoms with Gasteiger partial charge in [-0.3, -0.25) is 24.2 Å². The summed E-state index contributed by atoms with van der Waals surface area (Å²) in [5.41, 5.74) is 0.673. The molecule has 7 rings (SSSR count). The van der Waals surface area contributed by atoms with Crippen LogP contribution in [0.25, 0.3) is 0 Å². The average molecular weight is 1280 g/mol. The number of rotatable bonds is 15. The summed E-state index contributed by atoms with van der Waals surface area (Å²) in [6.07, 6.45) is -0.546. The Morgan fingerprint density at radius 2 is 1.61 bits per heavy atom. The quantitative estimate of drug-likeness (QED) is 0.0323. The highest BCUT2D eigenvalue weighted by atomic mass is 35.5. The molecule has 89 heavy (non-hydrogen) atoms. The van der Waals surface area contributed by atoms with E-state index >= 15 is 0 Å². The topological polar surface area (TPSA) is 272 Å². The maximum absolute atomic E-state index is 14.6. The molecule has 2 saturated heterocycles. The van der Waals surface area contributed by atoms with Gasteiger partial charge in [0.25, 0.3) is 17.6 Å². The minimum absolute atomic E-state index is 0.0329. The number of ketones is 2. The second-order valence-corrected chi connectivity index (χ2v) is 26.2. The number of esters is 1. The van der Waals surface area contributed by atoms with Gasteiger partial charge in [-0.1, -0.05) is 57.0 Å². The first-order chi connectivity index (χ1) is 42.1. The van der Waals surface area contributed by atoms with Crippen molar-refractivity contribution < 1.29 is 81.3 Å². The third-order valence-electron chi connectivity index (χ3n) is 17.4. The van der Waals surface area contributed by atoms with Crippen LogP contribution in [0.1, 0.15) is 135 Å². The number of aliphatic hydroxyl groups excluding tert-OH is 3. The SMILES string of the molecule is CO[C@@H]1C[C@H](/C=C(\C)[C@H]2OC(=O)[C@@H]3CCCCN3C(=O)C(=O)[C@]3(O)O[C@@H]([C@@H](C)C[C@H]3C)[C@@H](O)C[C@@H](C)C/C(C)=C/[C@@H](CCCSCCNC(=O)c3cc(Oc4ccc(NC(=O)Nc5ccc(Cl)c(C(F)(F)F)c5)cc4)ccn3)C(=O)C[C@H](O)[C@H]2C)CC[C@H]1O. The number of alkyl halides is 3. The molecular weight excluding hydrogens is 1200 g/mol. The lowest BCUT2D eigenvalue weighted by Crippen LogP contribution is -2.63. The Kier molecular flexibility index (Phi) is 25.3. The van der Waals surface area contributed by atoms with Gasteiger partial charge in [-0.2, -0.15) is 24.9 Å². The average Bonchev–Trinajstić information content (AvgIpc) is 0.873. The lowest BCUT2D eigenvalue weighted by Gasteiger charge is -2.46. The number of thioether (sulfide) groups is 1. The fraction of sp³-hybridized carbons (Fsp3) is 0.585. The summed E-state index contributed by atoms with van der Waals surface area (Å²) in [7, 11) is 1.54. The highest BCUT2D eigenvalue weighted by molar-refractivity contribution is 7.99. The molecule has 1 saturated carbocycles. The number of nitrogens with zero attached hydrogens (tertiary/aromatic N) is 2. The second-order valence-electron chi connectivity index (χ2n) is 24.5. The molecule has 19 nitrogen and oxygen atoms in total. The summed E-state index contributed by atoms with van der Waals surface area (Å²) in [4.78, 5) is 88.9. The zero-order valence-electron chi connectivity index (χ0n) is 51.4. The van der Waals surface area contributed by atoms with Crippen molar-refractivity contribution in [3.63, 3.8) is 0 Å². The van der Waals surface area contributed by atoms with E-state index in [1.807, 2.05) is 32.9 Å². The Morgan fingerprint density at radius 3 is 2.33 bits per heavy atom. The van der Waals surface area contributed by atoms with Crippen molar-refractivity contribution in [2.75, 3.05) is 42.3 Å². The van der Waals surface area contributed by atoms with Crippen LogP contribution in [0.3, 0.4) is 0 Å². The molecule has 0 radical (unpaired) electrons. The van der Waals surface area contributed by atoms with Gasteiger partial charge in [0.1, 0.15) is 35.1 Å². The maximum atomic E-state index is 14.6. The standard InChI is InChI=1S/C65H85ClF3N5O14S/c1-36-27-37(2)29-55(78)58-38(3)30-40(5)64(84,88-58)59(79)61(81)74-24-9-8-12-51(74)62(82)87-57(39(4)31-42-13-20-52(75)56(32-42)85-7)41(6)53(76)35-54(77)43(28-36)11-10-25-89-26-23-71-60(80)50-34-47(21-22-70-50)86-46-17-14-44(15-18-46)72-63(83)73-45-16-19-49(66)48(33-45)65(67,68)69/h14-19,21-22,28,31,33-34,37-38,40-43,51-53,55-58,75-76,78,84H,8-13,20,23-27,29-30,32,35H2,1-7H3,(H,71,80)(H2,72,73,83)/b36-28+,39-31+/t37-,38-,40+,41+,42-,43+,51-,52+,53-,55-,56+,57+,58-,64+/m0/s1. The van der Waals surface area contributed by atoms with Gasteiger partial charge >= 0.3 is 18.2 Å². The fourth-order valence-electron chi connectivity index (χ4n) is 12.5. The number of aromatic nitrogens is 1. The van der Waals surface area contributed by atoms with Gasteiger partial charge in [-0.25, -0.2) is 9.59 Å². The number of cyclic esters (lactones) is 1. The Labute approximate surface area is 527 Å². The summed E-state index contributed by atoms with van der Waals surface area (Å²) in [5.74, 6) is -7.42. The van der Waals surface area contributed by atoms with E-state index in [0.29, 0.717) is 92.2 Å². The monoisotopic (exact) mass is 1280 g/mol. The van der Waals surface area contributed by atoms with Gasteiger partial charge in [0.2, 0.25) is 5.79 Å². The molecule has 4 aliphatic rings. The molecule has 24 heteroatoms. The second kappa shape index (κ2) is 31.9. The molecule has 0 spiro atoms. The van der Waals surface area contributed by atoms with Crippen molar-refractivity contribution in [2.45, 2.75) is 173 Å². The van der Waals surface area contributed by atoms with Crippen molar-refractivity contribution in [1.82, 2.24) is 15.2 Å². The number of carbonyl (C=O) groups is 6. The highest BCUT2D eigenvalue weighted by Gasteiger charge is 2.55. The molecule has 1 aromatic heterocycles. The van der Waals surface area contributed by atoms with Gasteiger partial charge in [-0.05, 0) is 162 Å². The third-order valence-corrected chi connectivity index (χ3v) is 18.8. The van der Waals surface area contributed by atoms with Crippen LogP contribution in [0.15, 0.2) is 84.1 Å². The lowest BCUT2D eigenvalue weighted by molar-refractivity contribution is -0.288. The number of benzene rings is 2. The van der Waals surface area contributed by atoms with Crippen LogP contribution in [0.2, 0.25) is 5.02 Å². The van der Waals surface area contributed by atoms with E-state index in [2.05, 4.69) is 20.9 Å². The first-order valence-corrected chi connectivity index (χ1v) is 32.1. The summed E-state index contributed by atoms with van der Waals surface area (Å²) in [6.45, 7) is 11.1. The van der Waals surface area contributed by atoms with E-state index in [1.54, 1.807) is 50.7 Å². The molecule has 4 heterocycles. The first kappa shape index (κ1) is 70.5. The van der Waals surface area contributed by atoms with E-state index < -0.39 is 113 Å². The number of ether oxygens (including phenoxy) is 4. The molecule has 2 bridgehead atoms. The van der Waals surface area contributed by atoms with Crippen LogP contribution in [0.4, 0.5) is 29.3 Å². The molecule has 3 aromatic rings. The number of hydrogen-bond acceptors (Lipinski definition) is 16. The summed E-state index contributed by atoms with van der Waals surface area (Å²) >= 11 is 7.26. The number of aliphatic hydroxyl groups is 4. The largest absolute Gasteiger partial charge is 0.457 e. The zero-order chi connectivity index (χ0) is 64.9. The van der Waals surface area contributed by atoms with Crippen molar-refractivity contribution in [3.8, 4) is 11.5 Å². The van der Waals surface area contributed by atoms with Crippen LogP contribution >= 0.6 is 23.4 Å². The van der Waals surface area contributed by atoms with Gasteiger partial charge in [-0.15, -0.1) is 0 Å². The smallest absolute Gasteiger partial charge is 0.417 e. The van der Waals surface area contributed by atoms with E-state index in [4.69, 9.17) is 30.5 Å². The number of pyridine rings is 1. The number of piperidine rings is 1. The Bertz CT molecular complexity index is 3030. The number of allylic oxidation sites excluding steroid dienone is 3. The molecule has 2 aromatic carbocycles. The Morgan fingerprint density at radius 1 is 0.888 bits per heavy atom. The van der Waals surface area contributed by atoms with E-state index in [9.17, 15) is 62.4 Å². The Balaban J connectivity index is 0.991.